The molecule has 3 aromatic rings. The molecule has 5 rings (SSSR count). The standard InChI is InChI=1S/C26H24F3N5O3S/c1-17-13-23(34(32-17)19-9-7-18(8-10-19)26(27,28)29)33-15-21(38(36,37)20-5-3-2-4-6-20)14-22(33)24(35)31-25(16-30)11-12-25/h2-10,13,21-22H,11-12,14-15H2,1H3,(H,31,35). The van der Waals surface area contributed by atoms with Gasteiger partial charge in [-0.3, -0.25) is 4.79 Å². The summed E-state index contributed by atoms with van der Waals surface area (Å²) >= 11 is 0. The van der Waals surface area contributed by atoms with Crippen molar-refractivity contribution in [2.75, 3.05) is 11.4 Å². The van der Waals surface area contributed by atoms with E-state index in [-0.39, 0.29) is 17.9 Å². The molecule has 1 amide bonds. The molecule has 12 heteroatoms. The molecule has 2 aromatic carbocycles. The lowest BCUT2D eigenvalue weighted by Crippen LogP contribution is -2.48. The van der Waals surface area contributed by atoms with E-state index in [4.69, 9.17) is 0 Å². The topological polar surface area (TPSA) is 108 Å². The molecule has 38 heavy (non-hydrogen) atoms. The number of halogens is 3. The number of hydrogen-bond acceptors (Lipinski definition) is 6. The lowest BCUT2D eigenvalue weighted by molar-refractivity contribution is -0.137. The third-order valence-electron chi connectivity index (χ3n) is 6.95. The van der Waals surface area contributed by atoms with Gasteiger partial charge in [-0.25, -0.2) is 13.1 Å². The van der Waals surface area contributed by atoms with Crippen LogP contribution in [0.2, 0.25) is 0 Å². The Balaban J connectivity index is 1.53. The molecule has 8 nitrogen and oxygen atoms in total. The molecule has 1 aliphatic carbocycles. The van der Waals surface area contributed by atoms with Crippen LogP contribution in [0.15, 0.2) is 65.6 Å². The van der Waals surface area contributed by atoms with Crippen LogP contribution in [0, 0.1) is 18.3 Å². The summed E-state index contributed by atoms with van der Waals surface area (Å²) < 4.78 is 67.7. The molecule has 0 radical (unpaired) electrons. The molecule has 2 fully saturated rings. The number of nitriles is 1. The van der Waals surface area contributed by atoms with Gasteiger partial charge in [-0.05, 0) is 62.6 Å². The van der Waals surface area contributed by atoms with Crippen molar-refractivity contribution in [3.63, 3.8) is 0 Å². The van der Waals surface area contributed by atoms with E-state index < -0.39 is 44.3 Å². The Morgan fingerprint density at radius 2 is 1.79 bits per heavy atom. The Bertz CT molecular complexity index is 1510. The van der Waals surface area contributed by atoms with Gasteiger partial charge < -0.3 is 10.2 Å². The Morgan fingerprint density at radius 3 is 2.37 bits per heavy atom. The second-order valence-corrected chi connectivity index (χ2v) is 11.9. The number of nitrogens with one attached hydrogen (secondary N) is 1. The van der Waals surface area contributed by atoms with Gasteiger partial charge in [0.05, 0.1) is 33.2 Å². The van der Waals surface area contributed by atoms with Gasteiger partial charge in [-0.15, -0.1) is 0 Å². The van der Waals surface area contributed by atoms with E-state index in [2.05, 4.69) is 16.5 Å². The highest BCUT2D eigenvalue weighted by Gasteiger charge is 2.50. The van der Waals surface area contributed by atoms with Crippen molar-refractivity contribution >= 4 is 21.6 Å². The Kier molecular flexibility index (Phi) is 6.22. The molecular formula is C26H24F3N5O3S. The monoisotopic (exact) mass is 543 g/mol. The largest absolute Gasteiger partial charge is 0.416 e. The molecule has 2 aliphatic rings. The lowest BCUT2D eigenvalue weighted by Gasteiger charge is -2.27. The summed E-state index contributed by atoms with van der Waals surface area (Å²) in [5.41, 5.74) is -0.914. The fraction of sp³-hybridized carbons (Fsp3) is 0.346. The maximum atomic E-state index is 13.5. The fourth-order valence-electron chi connectivity index (χ4n) is 4.71. The van der Waals surface area contributed by atoms with Gasteiger partial charge in [-0.1, -0.05) is 18.2 Å². The van der Waals surface area contributed by atoms with Crippen molar-refractivity contribution in [1.82, 2.24) is 15.1 Å². The zero-order valence-corrected chi connectivity index (χ0v) is 21.1. The minimum Gasteiger partial charge on any atom is -0.343 e. The minimum absolute atomic E-state index is 0.0260. The summed E-state index contributed by atoms with van der Waals surface area (Å²) in [6.07, 6.45) is -3.51. The average molecular weight is 544 g/mol. The highest BCUT2D eigenvalue weighted by Crippen LogP contribution is 2.38. The van der Waals surface area contributed by atoms with Crippen LogP contribution in [-0.4, -0.2) is 47.5 Å². The molecule has 1 N–H and O–H groups in total. The first-order valence-electron chi connectivity index (χ1n) is 12.0. The highest BCUT2D eigenvalue weighted by molar-refractivity contribution is 7.92. The number of sulfone groups is 1. The first kappa shape index (κ1) is 25.8. The molecule has 2 unspecified atom stereocenters. The van der Waals surface area contributed by atoms with Gasteiger partial charge in [0.25, 0.3) is 0 Å². The van der Waals surface area contributed by atoms with E-state index in [1.54, 1.807) is 36.1 Å². The zero-order chi connectivity index (χ0) is 27.3. The van der Waals surface area contributed by atoms with E-state index in [1.165, 1.54) is 28.9 Å². The molecule has 1 aliphatic heterocycles. The summed E-state index contributed by atoms with van der Waals surface area (Å²) in [7, 11) is -3.81. The smallest absolute Gasteiger partial charge is 0.343 e. The van der Waals surface area contributed by atoms with E-state index in [1.807, 2.05) is 0 Å². The number of anilines is 1. The molecule has 1 aromatic heterocycles. The predicted octanol–water partition coefficient (Wildman–Crippen LogP) is 3.79. The van der Waals surface area contributed by atoms with Gasteiger partial charge in [0, 0.05) is 12.6 Å². The fourth-order valence-corrected chi connectivity index (χ4v) is 6.42. The average Bonchev–Trinajstić information content (AvgIpc) is 3.32. The number of benzene rings is 2. The number of carbonyl (C=O) groups excluding carboxylic acids is 1. The molecule has 0 bridgehead atoms. The second kappa shape index (κ2) is 9.16. The van der Waals surface area contributed by atoms with E-state index in [0.717, 1.165) is 12.1 Å². The molecule has 1 saturated carbocycles. The van der Waals surface area contributed by atoms with Crippen LogP contribution in [0.4, 0.5) is 19.0 Å². The van der Waals surface area contributed by atoms with Crippen molar-refractivity contribution in [1.29, 1.82) is 5.26 Å². The Morgan fingerprint density at radius 1 is 1.13 bits per heavy atom. The summed E-state index contributed by atoms with van der Waals surface area (Å²) in [5, 5.41) is 15.7. The number of nitrogens with zero attached hydrogens (tertiary/aromatic N) is 4. The first-order valence-corrected chi connectivity index (χ1v) is 13.5. The summed E-state index contributed by atoms with van der Waals surface area (Å²) in [6, 6.07) is 15.2. The van der Waals surface area contributed by atoms with E-state index >= 15 is 0 Å². The van der Waals surface area contributed by atoms with E-state index in [0.29, 0.717) is 30.0 Å². The number of hydrogen-bond donors (Lipinski definition) is 1. The van der Waals surface area contributed by atoms with Crippen molar-refractivity contribution < 1.29 is 26.4 Å². The lowest BCUT2D eigenvalue weighted by atomic mass is 10.1. The van der Waals surface area contributed by atoms with Gasteiger partial charge in [-0.2, -0.15) is 23.5 Å². The van der Waals surface area contributed by atoms with Crippen LogP contribution in [0.5, 0.6) is 0 Å². The minimum atomic E-state index is -4.50. The van der Waals surface area contributed by atoms with Crippen LogP contribution in [0.25, 0.3) is 5.69 Å². The van der Waals surface area contributed by atoms with Crippen molar-refractivity contribution in [2.24, 2.45) is 0 Å². The normalized spacial score (nSPS) is 20.7. The Labute approximate surface area is 217 Å². The SMILES string of the molecule is Cc1cc(N2CC(S(=O)(=O)c3ccccc3)CC2C(=O)NC2(C#N)CC2)n(-c2ccc(C(F)(F)F)cc2)n1. The van der Waals surface area contributed by atoms with Crippen LogP contribution in [-0.2, 0) is 20.8 Å². The molecule has 2 heterocycles. The third-order valence-corrected chi connectivity index (χ3v) is 9.10. The highest BCUT2D eigenvalue weighted by atomic mass is 32.2. The summed E-state index contributed by atoms with van der Waals surface area (Å²) in [6.45, 7) is 1.66. The maximum absolute atomic E-state index is 13.5. The molecule has 1 saturated heterocycles. The van der Waals surface area contributed by atoms with Crippen LogP contribution < -0.4 is 10.2 Å². The number of aromatic nitrogens is 2. The van der Waals surface area contributed by atoms with Crippen molar-refractivity contribution in [3.05, 3.63) is 71.9 Å². The van der Waals surface area contributed by atoms with Gasteiger partial charge in [0.1, 0.15) is 17.4 Å². The number of carbonyl (C=O) groups is 1. The molecule has 198 valence electrons. The van der Waals surface area contributed by atoms with Crippen LogP contribution in [0.1, 0.15) is 30.5 Å². The zero-order valence-electron chi connectivity index (χ0n) is 20.3. The van der Waals surface area contributed by atoms with E-state index in [9.17, 15) is 31.6 Å². The molecule has 2 atom stereocenters. The molecular weight excluding hydrogens is 519 g/mol. The van der Waals surface area contributed by atoms with Crippen molar-refractivity contribution in [2.45, 2.75) is 54.1 Å². The van der Waals surface area contributed by atoms with Crippen molar-refractivity contribution in [3.8, 4) is 11.8 Å². The number of aryl methyl sites for hydroxylation is 1. The summed E-state index contributed by atoms with van der Waals surface area (Å²) in [4.78, 5) is 15.2. The number of alkyl halides is 3. The van der Waals surface area contributed by atoms with Gasteiger partial charge in [0.15, 0.2) is 9.84 Å². The first-order chi connectivity index (χ1) is 17.9. The third kappa shape index (κ3) is 4.74. The maximum Gasteiger partial charge on any atom is 0.416 e. The quantitative estimate of drug-likeness (QED) is 0.507. The molecule has 0 spiro atoms. The second-order valence-electron chi connectivity index (χ2n) is 9.67. The van der Waals surface area contributed by atoms with Gasteiger partial charge in [0.2, 0.25) is 5.91 Å². The van der Waals surface area contributed by atoms with Crippen LogP contribution in [0.3, 0.4) is 0 Å². The van der Waals surface area contributed by atoms with Gasteiger partial charge >= 0.3 is 6.18 Å². The Hall–Kier alpha value is -3.85. The summed E-state index contributed by atoms with van der Waals surface area (Å²) in [5.74, 6) is -0.109. The predicted molar refractivity (Wildman–Crippen MR) is 132 cm³/mol. The number of rotatable bonds is 6. The number of amides is 1. The van der Waals surface area contributed by atoms with Crippen LogP contribution >= 0.6 is 0 Å².